The molecule has 3 aromatic rings. The van der Waals surface area contributed by atoms with Gasteiger partial charge in [-0.3, -0.25) is 9.78 Å². The minimum atomic E-state index is -3.06. The standard InChI is InChI=1S/C25H30ClF3N6O3/c1-13(2)38-21-5-15(7-25(21,28)29)34-19-6-18(16-10-33-35-12-14(26)8-31-22(16)35)30-9-17(19)23(36)32-11-20(27)24(3,4)37/h6,8-10,12-13,15,20-21,37H,5,7,11H2,1-4H3,(H,30,34)(H,32,36). The van der Waals surface area contributed by atoms with Crippen LogP contribution in [-0.4, -0.2) is 73.1 Å². The molecule has 3 unspecified atom stereocenters. The molecule has 0 aliphatic heterocycles. The number of ether oxygens (including phenoxy) is 1. The van der Waals surface area contributed by atoms with Crippen molar-refractivity contribution in [2.75, 3.05) is 11.9 Å². The molecule has 3 aromatic heterocycles. The highest BCUT2D eigenvalue weighted by Gasteiger charge is 2.50. The highest BCUT2D eigenvalue weighted by Crippen LogP contribution is 2.40. The topological polar surface area (TPSA) is 114 Å². The number of aromatic nitrogens is 4. The summed E-state index contributed by atoms with van der Waals surface area (Å²) < 4.78 is 50.5. The van der Waals surface area contributed by atoms with E-state index < -0.39 is 48.7 Å². The Morgan fingerprint density at radius 1 is 1.32 bits per heavy atom. The molecule has 13 heteroatoms. The van der Waals surface area contributed by atoms with E-state index in [1.165, 1.54) is 37.0 Å². The average Bonchev–Trinajstić information content (AvgIpc) is 3.35. The van der Waals surface area contributed by atoms with E-state index in [0.29, 0.717) is 21.9 Å². The Morgan fingerprint density at radius 3 is 2.74 bits per heavy atom. The molecule has 38 heavy (non-hydrogen) atoms. The first kappa shape index (κ1) is 28.1. The molecule has 1 aliphatic carbocycles. The van der Waals surface area contributed by atoms with Crippen LogP contribution in [0.4, 0.5) is 18.9 Å². The van der Waals surface area contributed by atoms with E-state index in [0.717, 1.165) is 0 Å². The third kappa shape index (κ3) is 6.19. The van der Waals surface area contributed by atoms with Gasteiger partial charge in [0, 0.05) is 24.9 Å². The second kappa shape index (κ2) is 10.7. The molecule has 0 radical (unpaired) electrons. The van der Waals surface area contributed by atoms with Crippen LogP contribution >= 0.6 is 11.6 Å². The van der Waals surface area contributed by atoms with Gasteiger partial charge in [-0.25, -0.2) is 22.7 Å². The number of anilines is 1. The van der Waals surface area contributed by atoms with Crippen molar-refractivity contribution in [2.45, 2.75) is 76.5 Å². The Balaban J connectivity index is 1.66. The number of nitrogens with one attached hydrogen (secondary N) is 2. The SMILES string of the molecule is CC(C)OC1CC(Nc2cc(-c3cnn4cc(Cl)cnc34)ncc2C(=O)NCC(F)C(C)(C)O)CC1(F)F. The Bertz CT molecular complexity index is 1310. The molecule has 9 nitrogen and oxygen atoms in total. The molecule has 3 N–H and O–H groups in total. The zero-order valence-corrected chi connectivity index (χ0v) is 22.1. The number of carbonyl (C=O) groups is 1. The number of aliphatic hydroxyl groups is 1. The number of halogens is 4. The zero-order chi connectivity index (χ0) is 27.8. The molecule has 4 rings (SSSR count). The summed E-state index contributed by atoms with van der Waals surface area (Å²) in [6.45, 7) is 5.52. The number of carbonyl (C=O) groups excluding carboxylic acids is 1. The summed E-state index contributed by atoms with van der Waals surface area (Å²) in [5.41, 5.74) is -0.0373. The predicted octanol–water partition coefficient (Wildman–Crippen LogP) is 4.29. The van der Waals surface area contributed by atoms with Gasteiger partial charge in [0.25, 0.3) is 11.8 Å². The maximum Gasteiger partial charge on any atom is 0.275 e. The molecule has 0 saturated heterocycles. The monoisotopic (exact) mass is 554 g/mol. The fraction of sp³-hybridized carbons (Fsp3) is 0.520. The van der Waals surface area contributed by atoms with E-state index in [9.17, 15) is 23.1 Å². The summed E-state index contributed by atoms with van der Waals surface area (Å²) in [6, 6.07) is 0.835. The summed E-state index contributed by atoms with van der Waals surface area (Å²) in [5.74, 6) is -3.73. The lowest BCUT2D eigenvalue weighted by Crippen LogP contribution is -2.42. The van der Waals surface area contributed by atoms with Gasteiger partial charge in [-0.1, -0.05) is 11.6 Å². The van der Waals surface area contributed by atoms with Crippen molar-refractivity contribution in [3.63, 3.8) is 0 Å². The lowest BCUT2D eigenvalue weighted by molar-refractivity contribution is -0.133. The quantitative estimate of drug-likeness (QED) is 0.362. The van der Waals surface area contributed by atoms with Crippen LogP contribution in [0.2, 0.25) is 5.02 Å². The second-order valence-corrected chi connectivity index (χ2v) is 10.7. The highest BCUT2D eigenvalue weighted by atomic mass is 35.5. The Kier molecular flexibility index (Phi) is 7.87. The number of hydrogen-bond acceptors (Lipinski definition) is 7. The summed E-state index contributed by atoms with van der Waals surface area (Å²) >= 11 is 5.99. The summed E-state index contributed by atoms with van der Waals surface area (Å²) in [4.78, 5) is 21.6. The molecule has 0 aromatic carbocycles. The van der Waals surface area contributed by atoms with Gasteiger partial charge in [0.1, 0.15) is 12.3 Å². The van der Waals surface area contributed by atoms with Gasteiger partial charge in [0.2, 0.25) is 0 Å². The Morgan fingerprint density at radius 2 is 2.05 bits per heavy atom. The zero-order valence-electron chi connectivity index (χ0n) is 21.4. The lowest BCUT2D eigenvalue weighted by atomic mass is 10.0. The van der Waals surface area contributed by atoms with Crippen LogP contribution in [0.15, 0.2) is 30.9 Å². The van der Waals surface area contributed by atoms with Crippen LogP contribution in [0.5, 0.6) is 0 Å². The van der Waals surface area contributed by atoms with Crippen LogP contribution in [0.3, 0.4) is 0 Å². The molecular weight excluding hydrogens is 525 g/mol. The molecule has 3 atom stereocenters. The average molecular weight is 555 g/mol. The molecule has 1 amide bonds. The predicted molar refractivity (Wildman–Crippen MR) is 136 cm³/mol. The molecule has 1 saturated carbocycles. The maximum absolute atomic E-state index is 14.7. The number of amides is 1. The van der Waals surface area contributed by atoms with Gasteiger partial charge in [0.05, 0.1) is 58.2 Å². The summed E-state index contributed by atoms with van der Waals surface area (Å²) in [7, 11) is 0. The summed E-state index contributed by atoms with van der Waals surface area (Å²) in [6.07, 6.45) is 1.97. The Labute approximate surface area is 222 Å². The van der Waals surface area contributed by atoms with Crippen molar-refractivity contribution in [3.05, 3.63) is 41.4 Å². The van der Waals surface area contributed by atoms with E-state index in [-0.39, 0.29) is 23.8 Å². The number of hydrogen-bond donors (Lipinski definition) is 3. The number of fused-ring (bicyclic) bond motifs is 1. The van der Waals surface area contributed by atoms with Gasteiger partial charge in [-0.2, -0.15) is 5.10 Å². The maximum atomic E-state index is 14.7. The van der Waals surface area contributed by atoms with Gasteiger partial charge in [-0.15, -0.1) is 0 Å². The van der Waals surface area contributed by atoms with E-state index in [4.69, 9.17) is 16.3 Å². The van der Waals surface area contributed by atoms with Crippen LogP contribution in [-0.2, 0) is 4.74 Å². The smallest absolute Gasteiger partial charge is 0.275 e. The first-order chi connectivity index (χ1) is 17.7. The van der Waals surface area contributed by atoms with Crippen LogP contribution < -0.4 is 10.6 Å². The van der Waals surface area contributed by atoms with Crippen molar-refractivity contribution in [1.29, 1.82) is 0 Å². The van der Waals surface area contributed by atoms with Crippen LogP contribution in [0.1, 0.15) is 50.9 Å². The Hall–Kier alpha value is -2.96. The van der Waals surface area contributed by atoms with E-state index in [2.05, 4.69) is 25.7 Å². The number of alkyl halides is 3. The molecule has 3 heterocycles. The van der Waals surface area contributed by atoms with Gasteiger partial charge in [0.15, 0.2) is 5.65 Å². The van der Waals surface area contributed by atoms with E-state index >= 15 is 0 Å². The van der Waals surface area contributed by atoms with Gasteiger partial charge < -0.3 is 20.5 Å². The van der Waals surface area contributed by atoms with Crippen LogP contribution in [0.25, 0.3) is 16.9 Å². The lowest BCUT2D eigenvalue weighted by Gasteiger charge is -2.23. The first-order valence-corrected chi connectivity index (χ1v) is 12.6. The van der Waals surface area contributed by atoms with Crippen molar-refractivity contribution in [3.8, 4) is 11.3 Å². The molecular formula is C25H30ClF3N6O3. The highest BCUT2D eigenvalue weighted by molar-refractivity contribution is 6.30. The molecule has 0 spiro atoms. The third-order valence-corrected chi connectivity index (χ3v) is 6.44. The fourth-order valence-electron chi connectivity index (χ4n) is 4.25. The third-order valence-electron chi connectivity index (χ3n) is 6.24. The molecule has 1 fully saturated rings. The van der Waals surface area contributed by atoms with Crippen molar-refractivity contribution < 1.29 is 27.8 Å². The van der Waals surface area contributed by atoms with Crippen molar-refractivity contribution in [1.82, 2.24) is 24.9 Å². The largest absolute Gasteiger partial charge is 0.387 e. The van der Waals surface area contributed by atoms with Gasteiger partial charge in [-0.05, 0) is 40.2 Å². The summed E-state index contributed by atoms with van der Waals surface area (Å²) in [5, 5.41) is 19.9. The second-order valence-electron chi connectivity index (χ2n) is 10.3. The van der Waals surface area contributed by atoms with Gasteiger partial charge >= 0.3 is 0 Å². The number of nitrogens with zero attached hydrogens (tertiary/aromatic N) is 4. The fourth-order valence-corrected chi connectivity index (χ4v) is 4.39. The first-order valence-electron chi connectivity index (χ1n) is 12.2. The van der Waals surface area contributed by atoms with Crippen molar-refractivity contribution in [2.24, 2.45) is 0 Å². The van der Waals surface area contributed by atoms with Crippen LogP contribution in [0, 0.1) is 0 Å². The molecule has 206 valence electrons. The number of pyridine rings is 1. The molecule has 1 aliphatic rings. The van der Waals surface area contributed by atoms with Crippen molar-refractivity contribution >= 4 is 28.8 Å². The van der Waals surface area contributed by atoms with E-state index in [1.54, 1.807) is 26.1 Å². The van der Waals surface area contributed by atoms with E-state index in [1.807, 2.05) is 0 Å². The minimum Gasteiger partial charge on any atom is -0.387 e. The minimum absolute atomic E-state index is 0.0198. The molecule has 0 bridgehead atoms. The normalized spacial score (nSPS) is 20.2. The number of rotatable bonds is 9.